The molecule has 7 aliphatic rings. The van der Waals surface area contributed by atoms with Gasteiger partial charge in [0.15, 0.2) is 5.79 Å². The number of nitrogens with zero attached hydrogens (tertiary/aromatic N) is 3. The van der Waals surface area contributed by atoms with Crippen LogP contribution in [0.25, 0.3) is 0 Å². The smallest absolute Gasteiger partial charge is 0.317 e. The minimum absolute atomic E-state index is 0.0576. The van der Waals surface area contributed by atoms with Gasteiger partial charge in [0.25, 0.3) is 5.91 Å². The molecule has 12 atom stereocenters. The quantitative estimate of drug-likeness (QED) is 0.323. The maximum Gasteiger partial charge on any atom is 0.317 e. The third kappa shape index (κ3) is 5.98. The van der Waals surface area contributed by atoms with Crippen molar-refractivity contribution >= 4 is 11.9 Å². The van der Waals surface area contributed by atoms with Crippen molar-refractivity contribution in [2.75, 3.05) is 19.7 Å². The van der Waals surface area contributed by atoms with E-state index < -0.39 is 0 Å². The van der Waals surface area contributed by atoms with Gasteiger partial charge in [-0.05, 0) is 117 Å². The van der Waals surface area contributed by atoms with E-state index in [0.717, 1.165) is 69.3 Å². The van der Waals surface area contributed by atoms with Crippen molar-refractivity contribution < 1.29 is 19.1 Å². The van der Waals surface area contributed by atoms with E-state index in [2.05, 4.69) is 48.3 Å². The Morgan fingerprint density at radius 3 is 2.50 bits per heavy atom. The second-order valence-electron chi connectivity index (χ2n) is 18.4. The van der Waals surface area contributed by atoms with Gasteiger partial charge >= 0.3 is 6.03 Å². The molecule has 7 fully saturated rings. The summed E-state index contributed by atoms with van der Waals surface area (Å²) < 4.78 is 13.6. The molecule has 2 aliphatic heterocycles. The highest BCUT2D eigenvalue weighted by molar-refractivity contribution is 5.91. The average molecular weight is 690 g/mol. The minimum atomic E-state index is -0.336. The molecule has 9 nitrogen and oxygen atoms in total. The Balaban J connectivity index is 0.893. The molecule has 1 aromatic rings. The van der Waals surface area contributed by atoms with Crippen LogP contribution in [0.2, 0.25) is 0 Å². The first kappa shape index (κ1) is 34.8. The van der Waals surface area contributed by atoms with Gasteiger partial charge < -0.3 is 25.0 Å². The summed E-state index contributed by atoms with van der Waals surface area (Å²) in [6.45, 7) is 11.8. The molecule has 2 saturated heterocycles. The lowest BCUT2D eigenvalue weighted by atomic mass is 9.44. The molecule has 5 saturated carbocycles. The standard InChI is InChI=1S/C41H63N5O4/c1-26-12-17-41(49-25-26)27(2)36-35(50-41)23-33-31-11-10-28-22-29(13-15-39(28,3)32(31)14-16-40(33,36)4)45-38(48)46(30-8-6-5-7-9-30)21-20-44-37(47)34-24-42-18-19-43-34/h18-19,24,26-33,35-36H,5-17,20-23,25H2,1-4H3,(H,44,47)(H,45,48)/t26-,27-,28+,29+,31+,32?,33?,35-,36-,39-,40-,41+/m0/s1. The van der Waals surface area contributed by atoms with Crippen LogP contribution in [-0.2, 0) is 9.47 Å². The molecule has 276 valence electrons. The monoisotopic (exact) mass is 689 g/mol. The van der Waals surface area contributed by atoms with E-state index in [1.54, 1.807) is 6.20 Å². The Morgan fingerprint density at radius 2 is 1.74 bits per heavy atom. The zero-order valence-corrected chi connectivity index (χ0v) is 31.2. The fourth-order valence-electron chi connectivity index (χ4n) is 13.3. The van der Waals surface area contributed by atoms with Crippen LogP contribution in [0.1, 0.15) is 134 Å². The van der Waals surface area contributed by atoms with Crippen molar-refractivity contribution in [3.05, 3.63) is 24.3 Å². The van der Waals surface area contributed by atoms with E-state index in [9.17, 15) is 9.59 Å². The number of rotatable bonds is 6. The Morgan fingerprint density at radius 1 is 0.920 bits per heavy atom. The number of urea groups is 1. The van der Waals surface area contributed by atoms with E-state index in [4.69, 9.17) is 9.47 Å². The number of hydrogen-bond acceptors (Lipinski definition) is 6. The third-order valence-electron chi connectivity index (χ3n) is 16.0. The Hall–Kier alpha value is -2.26. The van der Waals surface area contributed by atoms with Gasteiger partial charge in [-0.3, -0.25) is 9.78 Å². The van der Waals surface area contributed by atoms with Crippen molar-refractivity contribution in [2.24, 2.45) is 52.3 Å². The molecular formula is C41H63N5O4. The van der Waals surface area contributed by atoms with Crippen LogP contribution in [0, 0.1) is 52.3 Å². The highest BCUT2D eigenvalue weighted by atomic mass is 16.7. The zero-order chi connectivity index (χ0) is 34.7. The van der Waals surface area contributed by atoms with Crippen LogP contribution >= 0.6 is 0 Å². The Kier molecular flexibility index (Phi) is 9.48. The third-order valence-corrected chi connectivity index (χ3v) is 16.0. The van der Waals surface area contributed by atoms with Crippen molar-refractivity contribution in [1.82, 2.24) is 25.5 Å². The Bertz CT molecular complexity index is 1380. The van der Waals surface area contributed by atoms with Crippen LogP contribution in [0.15, 0.2) is 18.6 Å². The first-order valence-corrected chi connectivity index (χ1v) is 20.5. The van der Waals surface area contributed by atoms with Crippen molar-refractivity contribution in [1.29, 1.82) is 0 Å². The van der Waals surface area contributed by atoms with E-state index in [-0.39, 0.29) is 29.8 Å². The van der Waals surface area contributed by atoms with Gasteiger partial charge in [-0.15, -0.1) is 0 Å². The molecular weight excluding hydrogens is 626 g/mol. The topological polar surface area (TPSA) is 106 Å². The number of amides is 3. The maximum atomic E-state index is 14.0. The van der Waals surface area contributed by atoms with Crippen molar-refractivity contribution in [3.63, 3.8) is 0 Å². The lowest BCUT2D eigenvalue weighted by Crippen LogP contribution is -2.57. The van der Waals surface area contributed by atoms with Gasteiger partial charge in [0.2, 0.25) is 0 Å². The van der Waals surface area contributed by atoms with Crippen molar-refractivity contribution in [2.45, 2.75) is 148 Å². The van der Waals surface area contributed by atoms with Crippen molar-refractivity contribution in [3.8, 4) is 0 Å². The predicted molar refractivity (Wildman–Crippen MR) is 192 cm³/mol. The second kappa shape index (κ2) is 13.6. The van der Waals surface area contributed by atoms with Crippen LogP contribution in [0.4, 0.5) is 4.79 Å². The largest absolute Gasteiger partial charge is 0.349 e. The highest BCUT2D eigenvalue weighted by Gasteiger charge is 2.69. The molecule has 0 radical (unpaired) electrons. The van der Waals surface area contributed by atoms with E-state index in [1.165, 1.54) is 63.8 Å². The number of nitrogens with one attached hydrogen (secondary N) is 2. The highest BCUT2D eigenvalue weighted by Crippen LogP contribution is 2.71. The summed E-state index contributed by atoms with van der Waals surface area (Å²) in [5, 5.41) is 6.51. The lowest BCUT2D eigenvalue weighted by molar-refractivity contribution is -0.273. The molecule has 2 unspecified atom stereocenters. The summed E-state index contributed by atoms with van der Waals surface area (Å²) in [7, 11) is 0. The number of ether oxygens (including phenoxy) is 2. The molecule has 8 rings (SSSR count). The van der Waals surface area contributed by atoms with Gasteiger partial charge in [0, 0.05) is 49.9 Å². The molecule has 1 spiro atoms. The number of hydrogen-bond donors (Lipinski definition) is 2. The zero-order valence-electron chi connectivity index (χ0n) is 31.2. The van der Waals surface area contributed by atoms with Crippen LogP contribution in [0.3, 0.4) is 0 Å². The summed E-state index contributed by atoms with van der Waals surface area (Å²) in [5.74, 6) is 4.15. The number of fused-ring (bicyclic) bond motifs is 7. The molecule has 5 aliphatic carbocycles. The van der Waals surface area contributed by atoms with Gasteiger partial charge in [0.05, 0.1) is 18.9 Å². The molecule has 50 heavy (non-hydrogen) atoms. The fourth-order valence-corrected chi connectivity index (χ4v) is 13.3. The number of carbonyl (C=O) groups is 2. The van der Waals surface area contributed by atoms with Crippen LogP contribution in [0.5, 0.6) is 0 Å². The van der Waals surface area contributed by atoms with Gasteiger partial charge in [0.1, 0.15) is 5.69 Å². The molecule has 1 aromatic heterocycles. The fraction of sp³-hybridized carbons (Fsp3) is 0.854. The normalized spacial score (nSPS) is 44.0. The first-order valence-electron chi connectivity index (χ1n) is 20.5. The van der Waals surface area contributed by atoms with Gasteiger partial charge in [-0.1, -0.05) is 47.0 Å². The number of aromatic nitrogens is 2. The van der Waals surface area contributed by atoms with Crippen LogP contribution in [-0.4, -0.2) is 70.5 Å². The van der Waals surface area contributed by atoms with Gasteiger partial charge in [-0.2, -0.15) is 0 Å². The van der Waals surface area contributed by atoms with E-state index in [0.29, 0.717) is 59.4 Å². The molecule has 3 heterocycles. The summed E-state index contributed by atoms with van der Waals surface area (Å²) in [6.07, 6.45) is 22.7. The second-order valence-corrected chi connectivity index (χ2v) is 18.4. The minimum Gasteiger partial charge on any atom is -0.349 e. The maximum absolute atomic E-state index is 14.0. The lowest BCUT2D eigenvalue weighted by Gasteiger charge is -2.61. The SMILES string of the molecule is C[C@H]1CC[C@@]2(OC1)O[C@H]1CC3[C@@H]4CC[C@@H]5C[C@H](NC(=O)N(CCNC(=O)c6cnccn6)C6CCCCC6)CC[C@]5(C)C4CC[C@]3(C)[C@H]1[C@@H]2C. The summed E-state index contributed by atoms with van der Waals surface area (Å²) >= 11 is 0. The van der Waals surface area contributed by atoms with Gasteiger partial charge in [-0.25, -0.2) is 9.78 Å². The first-order chi connectivity index (χ1) is 24.1. The van der Waals surface area contributed by atoms with E-state index in [1.807, 2.05) is 4.90 Å². The van der Waals surface area contributed by atoms with Crippen LogP contribution < -0.4 is 10.6 Å². The molecule has 3 amide bonds. The summed E-state index contributed by atoms with van der Waals surface area (Å²) in [5.41, 5.74) is 1.01. The molecule has 0 bridgehead atoms. The molecule has 2 N–H and O–H groups in total. The predicted octanol–water partition coefficient (Wildman–Crippen LogP) is 7.37. The summed E-state index contributed by atoms with van der Waals surface area (Å²) in [6, 6.07) is 0.515. The molecule has 0 aromatic carbocycles. The Labute approximate surface area is 300 Å². The summed E-state index contributed by atoms with van der Waals surface area (Å²) in [4.78, 5) is 36.8. The average Bonchev–Trinajstić information content (AvgIpc) is 3.57. The number of carbonyl (C=O) groups excluding carboxylic acids is 2. The van der Waals surface area contributed by atoms with E-state index >= 15 is 0 Å². The molecule has 9 heteroatoms.